The van der Waals surface area contributed by atoms with Crippen molar-refractivity contribution in [3.8, 4) is 5.75 Å². The zero-order valence-electron chi connectivity index (χ0n) is 25.3. The van der Waals surface area contributed by atoms with E-state index in [0.717, 1.165) is 22.0 Å². The highest BCUT2D eigenvalue weighted by Crippen LogP contribution is 2.28. The van der Waals surface area contributed by atoms with Crippen LogP contribution >= 0.6 is 23.2 Å². The molecule has 46 heavy (non-hydrogen) atoms. The van der Waals surface area contributed by atoms with E-state index in [1.165, 1.54) is 47.4 Å². The van der Waals surface area contributed by atoms with Crippen molar-refractivity contribution < 1.29 is 27.1 Å². The predicted molar refractivity (Wildman–Crippen MR) is 178 cm³/mol. The lowest BCUT2D eigenvalue weighted by atomic mass is 10.0. The highest BCUT2D eigenvalue weighted by Gasteiger charge is 2.35. The third-order valence-electron chi connectivity index (χ3n) is 7.09. The molecule has 1 unspecified atom stereocenters. The van der Waals surface area contributed by atoms with Gasteiger partial charge in [-0.1, -0.05) is 59.6 Å². The molecule has 0 bridgehead atoms. The molecule has 2 amide bonds. The smallest absolute Gasteiger partial charge is 0.264 e. The minimum absolute atomic E-state index is 0.0609. The number of likely N-dealkylation sites (N-methyl/N-ethyl adjacent to an activating group) is 1. The average Bonchev–Trinajstić information content (AvgIpc) is 3.04. The highest BCUT2D eigenvalue weighted by molar-refractivity contribution is 7.92. The predicted octanol–water partition coefficient (Wildman–Crippen LogP) is 6.50. The highest BCUT2D eigenvalue weighted by atomic mass is 35.5. The Morgan fingerprint density at radius 1 is 0.913 bits per heavy atom. The van der Waals surface area contributed by atoms with Crippen LogP contribution in [-0.4, -0.2) is 50.9 Å². The number of carbonyl (C=O) groups is 2. The summed E-state index contributed by atoms with van der Waals surface area (Å²) in [7, 11) is -4.37. The Balaban J connectivity index is 1.80. The number of hydrogen-bond acceptors (Lipinski definition) is 5. The number of hydrogen-bond donors (Lipinski definition) is 1. The Morgan fingerprint density at radius 2 is 1.59 bits per heavy atom. The molecular formula is C34H34Cl2FN3O5S. The monoisotopic (exact) mass is 685 g/mol. The van der Waals surface area contributed by atoms with Crippen LogP contribution in [-0.2, 0) is 32.6 Å². The summed E-state index contributed by atoms with van der Waals surface area (Å²) in [6.45, 7) is 3.45. The van der Waals surface area contributed by atoms with Crippen LogP contribution in [0.4, 0.5) is 10.1 Å². The number of halogens is 3. The zero-order valence-corrected chi connectivity index (χ0v) is 27.7. The molecule has 4 aromatic carbocycles. The summed E-state index contributed by atoms with van der Waals surface area (Å²) < 4.78 is 48.5. The zero-order chi connectivity index (χ0) is 33.3. The van der Waals surface area contributed by atoms with Gasteiger partial charge < -0.3 is 15.0 Å². The number of amides is 2. The Kier molecular flexibility index (Phi) is 12.0. The van der Waals surface area contributed by atoms with Crippen LogP contribution in [0.15, 0.2) is 102 Å². The molecule has 4 rings (SSSR count). The van der Waals surface area contributed by atoms with Gasteiger partial charge in [0.1, 0.15) is 24.2 Å². The maximum absolute atomic E-state index is 14.4. The van der Waals surface area contributed by atoms with Crippen molar-refractivity contribution >= 4 is 50.7 Å². The summed E-state index contributed by atoms with van der Waals surface area (Å²) in [5, 5.41) is 3.47. The molecular weight excluding hydrogens is 652 g/mol. The Hall–Kier alpha value is -4.12. The maximum Gasteiger partial charge on any atom is 0.264 e. The average molecular weight is 687 g/mol. The van der Waals surface area contributed by atoms with Gasteiger partial charge in [0.2, 0.25) is 11.8 Å². The van der Waals surface area contributed by atoms with Crippen LogP contribution in [0.1, 0.15) is 25.0 Å². The van der Waals surface area contributed by atoms with Crippen molar-refractivity contribution in [2.24, 2.45) is 0 Å². The van der Waals surface area contributed by atoms with Gasteiger partial charge in [-0.05, 0) is 85.6 Å². The normalized spacial score (nSPS) is 11.8. The number of benzene rings is 4. The first-order valence-corrected chi connectivity index (χ1v) is 16.8. The molecule has 0 aliphatic carbocycles. The maximum atomic E-state index is 14.4. The number of ether oxygens (including phenoxy) is 1. The quantitative estimate of drug-likeness (QED) is 0.163. The minimum Gasteiger partial charge on any atom is -0.494 e. The van der Waals surface area contributed by atoms with Gasteiger partial charge in [0.05, 0.1) is 17.2 Å². The van der Waals surface area contributed by atoms with E-state index >= 15 is 0 Å². The molecule has 0 spiro atoms. The van der Waals surface area contributed by atoms with Crippen LogP contribution in [0.2, 0.25) is 10.0 Å². The van der Waals surface area contributed by atoms with E-state index in [1.54, 1.807) is 26.0 Å². The van der Waals surface area contributed by atoms with Crippen LogP contribution in [0.25, 0.3) is 0 Å². The number of sulfonamides is 1. The Labute approximate surface area is 278 Å². The van der Waals surface area contributed by atoms with Crippen molar-refractivity contribution in [2.45, 2.75) is 37.8 Å². The second-order valence-electron chi connectivity index (χ2n) is 10.2. The van der Waals surface area contributed by atoms with Gasteiger partial charge in [-0.15, -0.1) is 0 Å². The van der Waals surface area contributed by atoms with Crippen molar-refractivity contribution in [2.75, 3.05) is 24.0 Å². The number of carbonyl (C=O) groups excluding carboxylic acids is 2. The largest absolute Gasteiger partial charge is 0.494 e. The van der Waals surface area contributed by atoms with E-state index in [-0.39, 0.29) is 28.6 Å². The van der Waals surface area contributed by atoms with Crippen LogP contribution < -0.4 is 14.4 Å². The van der Waals surface area contributed by atoms with Gasteiger partial charge in [-0.3, -0.25) is 13.9 Å². The number of nitrogens with one attached hydrogen (secondary N) is 1. The van der Waals surface area contributed by atoms with E-state index in [4.69, 9.17) is 27.9 Å². The summed E-state index contributed by atoms with van der Waals surface area (Å²) in [6.07, 6.45) is 0.145. The van der Waals surface area contributed by atoms with Crippen molar-refractivity contribution in [1.29, 1.82) is 0 Å². The van der Waals surface area contributed by atoms with Crippen LogP contribution in [0.3, 0.4) is 0 Å². The van der Waals surface area contributed by atoms with Gasteiger partial charge in [0.25, 0.3) is 10.0 Å². The number of rotatable bonds is 14. The lowest BCUT2D eigenvalue weighted by molar-refractivity contribution is -0.140. The molecule has 1 atom stereocenters. The van der Waals surface area contributed by atoms with E-state index in [9.17, 15) is 22.4 Å². The summed E-state index contributed by atoms with van der Waals surface area (Å²) in [5.74, 6) is -1.21. The first kappa shape index (κ1) is 34.7. The molecule has 0 heterocycles. The fourth-order valence-electron chi connectivity index (χ4n) is 4.82. The molecule has 1 N–H and O–H groups in total. The Morgan fingerprint density at radius 3 is 2.20 bits per heavy atom. The third kappa shape index (κ3) is 8.78. The summed E-state index contributed by atoms with van der Waals surface area (Å²) in [6, 6.07) is 23.5. The molecule has 0 radical (unpaired) electrons. The SMILES string of the molecule is CCNC(=O)C(Cc1ccccc1)N(Cc1ccc(Cl)cc1Cl)C(=O)CN(c1ccc(F)cc1)S(=O)(=O)c1ccc(OCC)cc1. The number of anilines is 1. The summed E-state index contributed by atoms with van der Waals surface area (Å²) in [5.41, 5.74) is 1.35. The van der Waals surface area contributed by atoms with Crippen molar-refractivity contribution in [3.63, 3.8) is 0 Å². The fraction of sp³-hybridized carbons (Fsp3) is 0.235. The van der Waals surface area contributed by atoms with Gasteiger partial charge in [-0.25, -0.2) is 12.8 Å². The molecule has 0 aromatic heterocycles. The molecule has 0 saturated carbocycles. The molecule has 4 aromatic rings. The van der Waals surface area contributed by atoms with Crippen molar-refractivity contribution in [3.05, 3.63) is 124 Å². The third-order valence-corrected chi connectivity index (χ3v) is 9.47. The van der Waals surface area contributed by atoms with Crippen LogP contribution in [0, 0.1) is 5.82 Å². The molecule has 8 nitrogen and oxygen atoms in total. The van der Waals surface area contributed by atoms with Crippen LogP contribution in [0.5, 0.6) is 5.75 Å². The Bertz CT molecular complexity index is 1740. The fourth-order valence-corrected chi connectivity index (χ4v) is 6.70. The minimum atomic E-state index is -4.37. The van der Waals surface area contributed by atoms with Crippen molar-refractivity contribution in [1.82, 2.24) is 10.2 Å². The van der Waals surface area contributed by atoms with Gasteiger partial charge in [-0.2, -0.15) is 0 Å². The van der Waals surface area contributed by atoms with Gasteiger partial charge >= 0.3 is 0 Å². The molecule has 0 saturated heterocycles. The topological polar surface area (TPSA) is 96.0 Å². The molecule has 0 fully saturated rings. The van der Waals surface area contributed by atoms with E-state index in [2.05, 4.69) is 5.32 Å². The molecule has 0 aliphatic heterocycles. The molecule has 0 aliphatic rings. The van der Waals surface area contributed by atoms with Gasteiger partial charge in [0, 0.05) is 29.6 Å². The second-order valence-corrected chi connectivity index (χ2v) is 13.0. The molecule has 242 valence electrons. The van der Waals surface area contributed by atoms with Gasteiger partial charge in [0.15, 0.2) is 0 Å². The molecule has 12 heteroatoms. The first-order chi connectivity index (χ1) is 22.0. The number of nitrogens with zero attached hydrogens (tertiary/aromatic N) is 2. The lowest BCUT2D eigenvalue weighted by Crippen LogP contribution is -2.53. The van der Waals surface area contributed by atoms with E-state index in [0.29, 0.717) is 29.5 Å². The first-order valence-electron chi connectivity index (χ1n) is 14.6. The standard InChI is InChI=1S/C34H34Cl2FN3O5S/c1-3-38-34(42)32(20-24-8-6-5-7-9-24)39(22-25-10-11-26(35)21-31(25)36)33(41)23-40(28-14-12-27(37)13-15-28)46(43,44)30-18-16-29(17-19-30)45-4-2/h5-19,21,32H,3-4,20,22-23H2,1-2H3,(H,38,42). The van der Waals surface area contributed by atoms with E-state index in [1.807, 2.05) is 30.3 Å². The van der Waals surface area contributed by atoms with E-state index < -0.39 is 40.2 Å². The lowest BCUT2D eigenvalue weighted by Gasteiger charge is -2.34. The summed E-state index contributed by atoms with van der Waals surface area (Å²) >= 11 is 12.6. The summed E-state index contributed by atoms with van der Waals surface area (Å²) in [4.78, 5) is 29.2. The second kappa shape index (κ2) is 15.9.